The molecular formula is C27H32N4O4. The van der Waals surface area contributed by atoms with Crippen molar-refractivity contribution in [2.45, 2.75) is 33.2 Å². The Morgan fingerprint density at radius 3 is 2.51 bits per heavy atom. The lowest BCUT2D eigenvalue weighted by Crippen LogP contribution is -2.32. The molecule has 1 amide bonds. The zero-order valence-corrected chi connectivity index (χ0v) is 20.9. The van der Waals surface area contributed by atoms with Gasteiger partial charge in [0.15, 0.2) is 5.76 Å². The van der Waals surface area contributed by atoms with E-state index in [4.69, 9.17) is 4.74 Å². The van der Waals surface area contributed by atoms with Gasteiger partial charge in [-0.3, -0.25) is 14.0 Å². The number of fused-ring (bicyclic) bond motifs is 1. The quantitative estimate of drug-likeness (QED) is 0.303. The third kappa shape index (κ3) is 4.53. The van der Waals surface area contributed by atoms with Gasteiger partial charge in [0.2, 0.25) is 0 Å². The van der Waals surface area contributed by atoms with E-state index in [0.29, 0.717) is 42.4 Å². The Morgan fingerprint density at radius 2 is 1.86 bits per heavy atom. The largest absolute Gasteiger partial charge is 0.505 e. The normalized spacial score (nSPS) is 17.7. The zero-order chi connectivity index (χ0) is 25.3. The van der Waals surface area contributed by atoms with Crippen molar-refractivity contribution in [1.29, 1.82) is 0 Å². The van der Waals surface area contributed by atoms with Gasteiger partial charge in [-0.05, 0) is 77.2 Å². The molecule has 8 heteroatoms. The highest BCUT2D eigenvalue weighted by Crippen LogP contribution is 2.40. The second-order valence-corrected chi connectivity index (χ2v) is 9.08. The van der Waals surface area contributed by atoms with Gasteiger partial charge in [0.05, 0.1) is 23.9 Å². The van der Waals surface area contributed by atoms with Crippen LogP contribution in [0.3, 0.4) is 0 Å². The highest BCUT2D eigenvalue weighted by Gasteiger charge is 2.46. The van der Waals surface area contributed by atoms with E-state index in [0.717, 1.165) is 17.7 Å². The summed E-state index contributed by atoms with van der Waals surface area (Å²) in [6.45, 7) is 7.34. The lowest BCUT2D eigenvalue weighted by molar-refractivity contribution is -0.139. The van der Waals surface area contributed by atoms with E-state index >= 15 is 0 Å². The Bertz CT molecular complexity index is 1290. The van der Waals surface area contributed by atoms with Crippen LogP contribution in [-0.2, 0) is 9.59 Å². The summed E-state index contributed by atoms with van der Waals surface area (Å²) in [5.41, 5.74) is 3.47. The highest BCUT2D eigenvalue weighted by atomic mass is 16.5. The number of aryl methyl sites for hydroxylation is 2. The first-order valence-corrected chi connectivity index (χ1v) is 11.8. The lowest BCUT2D eigenvalue weighted by Gasteiger charge is -2.26. The third-order valence-corrected chi connectivity index (χ3v) is 6.29. The third-order valence-electron chi connectivity index (χ3n) is 6.29. The van der Waals surface area contributed by atoms with E-state index in [1.807, 2.05) is 69.2 Å². The Balaban J connectivity index is 1.87. The number of nitrogens with zero attached hydrogens (tertiary/aromatic N) is 4. The van der Waals surface area contributed by atoms with Crippen molar-refractivity contribution >= 4 is 23.1 Å². The van der Waals surface area contributed by atoms with Gasteiger partial charge in [0, 0.05) is 12.7 Å². The topological polar surface area (TPSA) is 87.4 Å². The van der Waals surface area contributed by atoms with Gasteiger partial charge in [0.25, 0.3) is 11.7 Å². The number of imidazole rings is 1. The number of aliphatic hydroxyl groups excluding tert-OH is 1. The first kappa shape index (κ1) is 24.5. The van der Waals surface area contributed by atoms with Crippen LogP contribution in [0.15, 0.2) is 48.2 Å². The number of likely N-dealkylation sites (tertiary alicyclic amines) is 1. The fourth-order valence-corrected chi connectivity index (χ4v) is 4.66. The zero-order valence-electron chi connectivity index (χ0n) is 20.9. The van der Waals surface area contributed by atoms with Crippen molar-refractivity contribution in [3.05, 3.63) is 70.7 Å². The minimum Gasteiger partial charge on any atom is -0.505 e. The van der Waals surface area contributed by atoms with Crippen molar-refractivity contribution < 1.29 is 19.4 Å². The fraction of sp³-hybridized carbons (Fsp3) is 0.370. The number of benzene rings is 1. The molecule has 0 saturated carbocycles. The molecule has 1 fully saturated rings. The number of ether oxygens (including phenoxy) is 1. The molecule has 1 N–H and O–H groups in total. The molecule has 2 aromatic heterocycles. The molecule has 0 radical (unpaired) electrons. The Kier molecular flexibility index (Phi) is 6.93. The Hall–Kier alpha value is -3.65. The number of hydrogen-bond acceptors (Lipinski definition) is 6. The summed E-state index contributed by atoms with van der Waals surface area (Å²) in [6.07, 6.45) is 2.50. The molecule has 1 aliphatic rings. The average molecular weight is 477 g/mol. The number of hydrogen-bond donors (Lipinski definition) is 1. The van der Waals surface area contributed by atoms with Gasteiger partial charge in [-0.25, -0.2) is 4.98 Å². The number of pyridine rings is 1. The van der Waals surface area contributed by atoms with Crippen LogP contribution in [0.25, 0.3) is 11.4 Å². The molecule has 3 heterocycles. The molecule has 4 rings (SSSR count). The second kappa shape index (κ2) is 9.92. The molecule has 0 unspecified atom stereocenters. The van der Waals surface area contributed by atoms with Crippen LogP contribution >= 0.6 is 0 Å². The van der Waals surface area contributed by atoms with E-state index in [9.17, 15) is 14.7 Å². The molecule has 0 spiro atoms. The molecule has 8 nitrogen and oxygen atoms in total. The predicted octanol–water partition coefficient (Wildman–Crippen LogP) is 3.72. The van der Waals surface area contributed by atoms with Crippen molar-refractivity contribution in [2.75, 3.05) is 33.8 Å². The summed E-state index contributed by atoms with van der Waals surface area (Å²) in [5, 5.41) is 11.6. The summed E-state index contributed by atoms with van der Waals surface area (Å²) in [5.74, 6) is -0.804. The number of carbonyl (C=O) groups excluding carboxylic acids is 2. The number of aromatic nitrogens is 2. The van der Waals surface area contributed by atoms with Gasteiger partial charge in [-0.1, -0.05) is 18.2 Å². The molecule has 1 saturated heterocycles. The summed E-state index contributed by atoms with van der Waals surface area (Å²) >= 11 is 0. The van der Waals surface area contributed by atoms with E-state index in [1.165, 1.54) is 0 Å². The first-order valence-electron chi connectivity index (χ1n) is 11.8. The monoisotopic (exact) mass is 476 g/mol. The van der Waals surface area contributed by atoms with E-state index in [1.54, 1.807) is 22.4 Å². The lowest BCUT2D eigenvalue weighted by atomic mass is 9.96. The Labute approximate surface area is 205 Å². The van der Waals surface area contributed by atoms with Crippen molar-refractivity contribution in [3.63, 3.8) is 0 Å². The molecule has 1 atom stereocenters. The van der Waals surface area contributed by atoms with Crippen LogP contribution in [0.2, 0.25) is 0 Å². The summed E-state index contributed by atoms with van der Waals surface area (Å²) < 4.78 is 7.34. The average Bonchev–Trinajstić information content (AvgIpc) is 3.29. The smallest absolute Gasteiger partial charge is 0.295 e. The standard InChI is InChI=1S/C27H32N4O4/c1-6-35-20-12-10-19(11-13-20)23-21(25(33)27(34)31(23)16-8-14-29(4)5)24(32)22-18(3)28-26-17(2)9-7-15-30(22)26/h7,9-13,15,23,32H,6,8,14,16H2,1-5H3/b24-21+/t23-/m1/s1. The molecule has 3 aromatic rings. The molecule has 35 heavy (non-hydrogen) atoms. The molecular weight excluding hydrogens is 444 g/mol. The van der Waals surface area contributed by atoms with E-state index in [2.05, 4.69) is 4.98 Å². The number of carbonyl (C=O) groups is 2. The molecule has 1 aliphatic heterocycles. The van der Waals surface area contributed by atoms with Crippen LogP contribution in [0.5, 0.6) is 5.75 Å². The SMILES string of the molecule is CCOc1ccc([C@@H]2/C(=C(\O)c3c(C)nc4c(C)cccn34)C(=O)C(=O)N2CCCN(C)C)cc1. The van der Waals surface area contributed by atoms with Crippen LogP contribution in [0, 0.1) is 13.8 Å². The number of Topliss-reactive ketones (excluding diaryl/α,β-unsaturated/α-hetero) is 1. The van der Waals surface area contributed by atoms with Gasteiger partial charge in [0.1, 0.15) is 17.1 Å². The van der Waals surface area contributed by atoms with Crippen LogP contribution in [0.1, 0.15) is 41.9 Å². The highest BCUT2D eigenvalue weighted by molar-refractivity contribution is 6.46. The van der Waals surface area contributed by atoms with E-state index < -0.39 is 17.7 Å². The summed E-state index contributed by atoms with van der Waals surface area (Å²) in [7, 11) is 3.93. The fourth-order valence-electron chi connectivity index (χ4n) is 4.66. The van der Waals surface area contributed by atoms with Gasteiger partial charge in [-0.2, -0.15) is 0 Å². The molecule has 0 bridgehead atoms. The van der Waals surface area contributed by atoms with Crippen LogP contribution < -0.4 is 4.74 Å². The van der Waals surface area contributed by atoms with Crippen molar-refractivity contribution in [3.8, 4) is 5.75 Å². The van der Waals surface area contributed by atoms with E-state index in [-0.39, 0.29) is 11.3 Å². The summed E-state index contributed by atoms with van der Waals surface area (Å²) in [6, 6.07) is 10.4. The maximum atomic E-state index is 13.3. The van der Waals surface area contributed by atoms with Crippen LogP contribution in [-0.4, -0.2) is 69.8 Å². The number of aliphatic hydroxyl groups is 1. The first-order chi connectivity index (χ1) is 16.7. The second-order valence-electron chi connectivity index (χ2n) is 9.08. The van der Waals surface area contributed by atoms with Gasteiger partial charge in [-0.15, -0.1) is 0 Å². The van der Waals surface area contributed by atoms with Gasteiger partial charge >= 0.3 is 0 Å². The minimum atomic E-state index is -0.706. The number of ketones is 1. The number of rotatable bonds is 8. The minimum absolute atomic E-state index is 0.0791. The van der Waals surface area contributed by atoms with Crippen molar-refractivity contribution in [2.24, 2.45) is 0 Å². The Morgan fingerprint density at radius 1 is 1.14 bits per heavy atom. The predicted molar refractivity (Wildman–Crippen MR) is 134 cm³/mol. The van der Waals surface area contributed by atoms with Crippen molar-refractivity contribution in [1.82, 2.24) is 19.2 Å². The number of amides is 1. The molecule has 184 valence electrons. The molecule has 0 aliphatic carbocycles. The summed E-state index contributed by atoms with van der Waals surface area (Å²) in [4.78, 5) is 34.7. The van der Waals surface area contributed by atoms with Crippen LogP contribution in [0.4, 0.5) is 0 Å². The maximum Gasteiger partial charge on any atom is 0.295 e. The maximum absolute atomic E-state index is 13.3. The molecule has 1 aromatic carbocycles. The van der Waals surface area contributed by atoms with Gasteiger partial charge < -0.3 is 19.6 Å².